The zero-order valence-electron chi connectivity index (χ0n) is 8.25. The molecular weight excluding hydrogens is 236 g/mol. The summed E-state index contributed by atoms with van der Waals surface area (Å²) < 4.78 is 13.4. The molecule has 0 aromatic heterocycles. The number of hydrogen-bond donors (Lipinski definition) is 1. The van der Waals surface area contributed by atoms with Crippen molar-refractivity contribution in [3.8, 4) is 0 Å². The van der Waals surface area contributed by atoms with Crippen molar-refractivity contribution >= 4 is 24.0 Å². The third-order valence-electron chi connectivity index (χ3n) is 2.97. The topological polar surface area (TPSA) is 26.0 Å². The molecule has 1 aromatic rings. The number of benzene rings is 1. The Kier molecular flexibility index (Phi) is 4.38. The van der Waals surface area contributed by atoms with E-state index in [2.05, 4.69) is 0 Å². The summed E-state index contributed by atoms with van der Waals surface area (Å²) in [6.07, 6.45) is 3.42. The number of halogens is 3. The molecule has 2 N–H and O–H groups in total. The van der Waals surface area contributed by atoms with Crippen LogP contribution in [0.1, 0.15) is 30.9 Å². The third kappa shape index (κ3) is 2.63. The maximum Gasteiger partial charge on any atom is 0.128 e. The van der Waals surface area contributed by atoms with Gasteiger partial charge in [-0.05, 0) is 37.0 Å². The second kappa shape index (κ2) is 5.15. The molecule has 4 heteroatoms. The number of nitrogens with two attached hydrogens (primary N) is 1. The van der Waals surface area contributed by atoms with E-state index in [9.17, 15) is 4.39 Å². The van der Waals surface area contributed by atoms with Gasteiger partial charge in [0.05, 0.1) is 0 Å². The van der Waals surface area contributed by atoms with E-state index in [4.69, 9.17) is 17.3 Å². The van der Waals surface area contributed by atoms with Crippen LogP contribution in [0.4, 0.5) is 4.39 Å². The summed E-state index contributed by atoms with van der Waals surface area (Å²) >= 11 is 5.80. The minimum absolute atomic E-state index is 0. The molecule has 15 heavy (non-hydrogen) atoms. The molecule has 0 spiro atoms. The first-order valence-corrected chi connectivity index (χ1v) is 5.27. The smallest absolute Gasteiger partial charge is 0.128 e. The summed E-state index contributed by atoms with van der Waals surface area (Å²) in [4.78, 5) is 0. The van der Waals surface area contributed by atoms with E-state index in [0.29, 0.717) is 16.5 Å². The quantitative estimate of drug-likeness (QED) is 0.850. The largest absolute Gasteiger partial charge is 0.324 e. The molecule has 0 radical (unpaired) electrons. The van der Waals surface area contributed by atoms with E-state index in [1.165, 1.54) is 12.5 Å². The lowest BCUT2D eigenvalue weighted by Gasteiger charge is -2.31. The Balaban J connectivity index is 0.00000112. The molecule has 1 aliphatic carbocycles. The Hall–Kier alpha value is -0.310. The predicted octanol–water partition coefficient (Wildman–Crippen LogP) is 3.70. The zero-order valence-corrected chi connectivity index (χ0v) is 9.82. The molecule has 2 rings (SSSR count). The van der Waals surface area contributed by atoms with E-state index < -0.39 is 0 Å². The average Bonchev–Trinajstić information content (AvgIpc) is 2.06. The van der Waals surface area contributed by atoms with Crippen LogP contribution in [0.15, 0.2) is 18.2 Å². The summed E-state index contributed by atoms with van der Waals surface area (Å²) in [7, 11) is 0. The van der Waals surface area contributed by atoms with Gasteiger partial charge in [-0.3, -0.25) is 0 Å². The van der Waals surface area contributed by atoms with Crippen molar-refractivity contribution in [2.45, 2.75) is 25.3 Å². The molecular formula is C11H14Cl2FN. The minimum Gasteiger partial charge on any atom is -0.324 e. The molecule has 1 aromatic carbocycles. The van der Waals surface area contributed by atoms with E-state index in [1.54, 1.807) is 12.1 Å². The molecule has 1 saturated carbocycles. The Morgan fingerprint density at radius 3 is 2.60 bits per heavy atom. The normalized spacial score (nSPS) is 17.8. The van der Waals surface area contributed by atoms with Gasteiger partial charge in [-0.2, -0.15) is 0 Å². The van der Waals surface area contributed by atoms with Gasteiger partial charge in [-0.25, -0.2) is 4.39 Å². The first kappa shape index (κ1) is 12.8. The summed E-state index contributed by atoms with van der Waals surface area (Å²) in [5.41, 5.74) is 6.53. The van der Waals surface area contributed by atoms with Gasteiger partial charge in [0, 0.05) is 16.6 Å². The highest BCUT2D eigenvalue weighted by atomic mass is 35.5. The van der Waals surface area contributed by atoms with Gasteiger partial charge >= 0.3 is 0 Å². The van der Waals surface area contributed by atoms with Crippen molar-refractivity contribution < 1.29 is 4.39 Å². The van der Waals surface area contributed by atoms with E-state index in [0.717, 1.165) is 12.8 Å². The van der Waals surface area contributed by atoms with Crippen LogP contribution < -0.4 is 5.73 Å². The van der Waals surface area contributed by atoms with E-state index in [-0.39, 0.29) is 24.3 Å². The lowest BCUT2D eigenvalue weighted by atomic mass is 9.77. The zero-order chi connectivity index (χ0) is 10.1. The molecule has 0 unspecified atom stereocenters. The standard InChI is InChI=1S/C11H13ClFN.ClH/c12-8-4-5-10(13)9(6-8)11(14)7-2-1-3-7;/h4-7,11H,1-3,14H2;1H/t11-;/m0./s1. The Labute approximate surface area is 100 Å². The van der Waals surface area contributed by atoms with Crippen LogP contribution in [0.3, 0.4) is 0 Å². The molecule has 0 aliphatic heterocycles. The molecule has 1 aliphatic rings. The highest BCUT2D eigenvalue weighted by Crippen LogP contribution is 2.37. The molecule has 1 fully saturated rings. The maximum absolute atomic E-state index is 13.4. The van der Waals surface area contributed by atoms with E-state index >= 15 is 0 Å². The first-order chi connectivity index (χ1) is 6.68. The van der Waals surface area contributed by atoms with Crippen molar-refractivity contribution in [1.29, 1.82) is 0 Å². The fraction of sp³-hybridized carbons (Fsp3) is 0.455. The Morgan fingerprint density at radius 1 is 1.40 bits per heavy atom. The third-order valence-corrected chi connectivity index (χ3v) is 3.21. The van der Waals surface area contributed by atoms with Gasteiger partial charge in [0.2, 0.25) is 0 Å². The fourth-order valence-electron chi connectivity index (χ4n) is 1.82. The van der Waals surface area contributed by atoms with Crippen LogP contribution >= 0.6 is 24.0 Å². The highest BCUT2D eigenvalue weighted by Gasteiger charge is 2.27. The maximum atomic E-state index is 13.4. The van der Waals surface area contributed by atoms with Crippen LogP contribution in [-0.4, -0.2) is 0 Å². The Morgan fingerprint density at radius 2 is 2.07 bits per heavy atom. The van der Waals surface area contributed by atoms with Crippen LogP contribution in [0.2, 0.25) is 5.02 Å². The second-order valence-electron chi connectivity index (χ2n) is 3.88. The molecule has 0 bridgehead atoms. The molecule has 0 amide bonds. The minimum atomic E-state index is -0.242. The molecule has 0 heterocycles. The van der Waals surface area contributed by atoms with Crippen LogP contribution in [0.5, 0.6) is 0 Å². The first-order valence-electron chi connectivity index (χ1n) is 4.89. The summed E-state index contributed by atoms with van der Waals surface area (Å²) in [5, 5.41) is 0.552. The average molecular weight is 250 g/mol. The lowest BCUT2D eigenvalue weighted by Crippen LogP contribution is -2.27. The van der Waals surface area contributed by atoms with Gasteiger partial charge in [-0.1, -0.05) is 18.0 Å². The highest BCUT2D eigenvalue weighted by molar-refractivity contribution is 6.30. The second-order valence-corrected chi connectivity index (χ2v) is 4.32. The van der Waals surface area contributed by atoms with Gasteiger partial charge < -0.3 is 5.73 Å². The fourth-order valence-corrected chi connectivity index (χ4v) is 2.00. The predicted molar refractivity (Wildman–Crippen MR) is 62.9 cm³/mol. The molecule has 1 nitrogen and oxygen atoms in total. The lowest BCUT2D eigenvalue weighted by molar-refractivity contribution is 0.260. The SMILES string of the molecule is Cl.N[C@H](c1cc(Cl)ccc1F)C1CCC1. The summed E-state index contributed by atoms with van der Waals surface area (Å²) in [5.74, 6) is 0.191. The van der Waals surface area contributed by atoms with Gasteiger partial charge in [0.25, 0.3) is 0 Å². The van der Waals surface area contributed by atoms with Gasteiger partial charge in [-0.15, -0.1) is 12.4 Å². The van der Waals surface area contributed by atoms with E-state index in [1.807, 2.05) is 0 Å². The summed E-state index contributed by atoms with van der Waals surface area (Å²) in [6, 6.07) is 4.38. The Bertz CT molecular complexity index is 339. The van der Waals surface area contributed by atoms with Crippen molar-refractivity contribution in [3.63, 3.8) is 0 Å². The van der Waals surface area contributed by atoms with Crippen molar-refractivity contribution in [3.05, 3.63) is 34.6 Å². The van der Waals surface area contributed by atoms with Crippen LogP contribution in [-0.2, 0) is 0 Å². The van der Waals surface area contributed by atoms with Crippen molar-refractivity contribution in [2.75, 3.05) is 0 Å². The molecule has 84 valence electrons. The van der Waals surface area contributed by atoms with Crippen molar-refractivity contribution in [1.82, 2.24) is 0 Å². The van der Waals surface area contributed by atoms with Crippen molar-refractivity contribution in [2.24, 2.45) is 11.7 Å². The number of rotatable bonds is 2. The van der Waals surface area contributed by atoms with Gasteiger partial charge in [0.1, 0.15) is 5.82 Å². The van der Waals surface area contributed by atoms with Crippen LogP contribution in [0.25, 0.3) is 0 Å². The van der Waals surface area contributed by atoms with Gasteiger partial charge in [0.15, 0.2) is 0 Å². The molecule has 1 atom stereocenters. The number of hydrogen-bond acceptors (Lipinski definition) is 1. The van der Waals surface area contributed by atoms with Crippen LogP contribution in [0, 0.1) is 11.7 Å². The molecule has 0 saturated heterocycles. The summed E-state index contributed by atoms with van der Waals surface area (Å²) in [6.45, 7) is 0. The monoisotopic (exact) mass is 249 g/mol.